The lowest BCUT2D eigenvalue weighted by Crippen LogP contribution is -2.10. The summed E-state index contributed by atoms with van der Waals surface area (Å²) in [4.78, 5) is 22.0. The van der Waals surface area contributed by atoms with Crippen molar-refractivity contribution in [2.45, 2.75) is 12.8 Å². The molecule has 0 spiro atoms. The standard InChI is InChI=1S/C11H11ClO3/c1-7(11(14)15-2)8-3-5-9(6-4-8)10(12)13/h3-7H,1-2H3. The van der Waals surface area contributed by atoms with E-state index in [2.05, 4.69) is 4.74 Å². The number of esters is 1. The molecule has 0 aliphatic heterocycles. The van der Waals surface area contributed by atoms with E-state index in [0.717, 1.165) is 5.56 Å². The molecule has 0 aliphatic carbocycles. The third-order valence-corrected chi connectivity index (χ3v) is 2.41. The molecule has 0 saturated carbocycles. The summed E-state index contributed by atoms with van der Waals surface area (Å²) in [5.41, 5.74) is 1.21. The first kappa shape index (κ1) is 11.7. The highest BCUT2D eigenvalue weighted by Gasteiger charge is 2.15. The smallest absolute Gasteiger partial charge is 0.312 e. The summed E-state index contributed by atoms with van der Waals surface area (Å²) in [6.07, 6.45) is 0. The quantitative estimate of drug-likeness (QED) is 0.587. The second-order valence-electron chi connectivity index (χ2n) is 3.14. The Hall–Kier alpha value is -1.35. The molecular formula is C11H11ClO3. The molecule has 0 aromatic heterocycles. The Labute approximate surface area is 93.0 Å². The van der Waals surface area contributed by atoms with Crippen molar-refractivity contribution >= 4 is 22.8 Å². The van der Waals surface area contributed by atoms with E-state index in [4.69, 9.17) is 11.6 Å². The molecule has 1 atom stereocenters. The van der Waals surface area contributed by atoms with Crippen molar-refractivity contribution in [3.05, 3.63) is 35.4 Å². The van der Waals surface area contributed by atoms with Crippen molar-refractivity contribution in [3.8, 4) is 0 Å². The molecule has 0 radical (unpaired) electrons. The number of methoxy groups -OCH3 is 1. The third-order valence-electron chi connectivity index (χ3n) is 2.19. The van der Waals surface area contributed by atoms with Crippen molar-refractivity contribution in [1.29, 1.82) is 0 Å². The van der Waals surface area contributed by atoms with Gasteiger partial charge in [0.1, 0.15) is 0 Å². The Balaban J connectivity index is 2.89. The van der Waals surface area contributed by atoms with Crippen LogP contribution in [0.3, 0.4) is 0 Å². The zero-order valence-corrected chi connectivity index (χ0v) is 9.25. The predicted molar refractivity (Wildman–Crippen MR) is 57.1 cm³/mol. The van der Waals surface area contributed by atoms with Crippen LogP contribution in [0.1, 0.15) is 28.8 Å². The van der Waals surface area contributed by atoms with Crippen LogP contribution < -0.4 is 0 Å². The molecule has 0 heterocycles. The number of rotatable bonds is 3. The maximum Gasteiger partial charge on any atom is 0.312 e. The van der Waals surface area contributed by atoms with Crippen LogP contribution in [0.15, 0.2) is 24.3 Å². The molecule has 15 heavy (non-hydrogen) atoms. The van der Waals surface area contributed by atoms with E-state index in [1.165, 1.54) is 7.11 Å². The predicted octanol–water partition coefficient (Wildman–Crippen LogP) is 2.34. The Morgan fingerprint density at radius 3 is 2.20 bits per heavy atom. The average molecular weight is 227 g/mol. The summed E-state index contributed by atoms with van der Waals surface area (Å²) in [5.74, 6) is -0.644. The molecule has 80 valence electrons. The molecule has 1 unspecified atom stereocenters. The summed E-state index contributed by atoms with van der Waals surface area (Å²) in [5, 5.41) is -0.507. The molecule has 1 aromatic carbocycles. The fourth-order valence-corrected chi connectivity index (χ4v) is 1.34. The molecule has 0 saturated heterocycles. The van der Waals surface area contributed by atoms with E-state index in [-0.39, 0.29) is 11.9 Å². The number of carbonyl (C=O) groups is 2. The Morgan fingerprint density at radius 2 is 1.80 bits per heavy atom. The number of hydrogen-bond donors (Lipinski definition) is 0. The van der Waals surface area contributed by atoms with Gasteiger partial charge in [-0.3, -0.25) is 9.59 Å². The first-order chi connectivity index (χ1) is 7.06. The summed E-state index contributed by atoms with van der Waals surface area (Å²) in [7, 11) is 1.34. The lowest BCUT2D eigenvalue weighted by atomic mass is 10.0. The van der Waals surface area contributed by atoms with Crippen LogP contribution in [0.5, 0.6) is 0 Å². The van der Waals surface area contributed by atoms with Crippen molar-refractivity contribution in [2.24, 2.45) is 0 Å². The first-order valence-electron chi connectivity index (χ1n) is 4.44. The van der Waals surface area contributed by atoms with Gasteiger partial charge >= 0.3 is 5.97 Å². The molecular weight excluding hydrogens is 216 g/mol. The van der Waals surface area contributed by atoms with Gasteiger partial charge in [0.15, 0.2) is 0 Å². The van der Waals surface area contributed by atoms with Gasteiger partial charge in [0.05, 0.1) is 13.0 Å². The van der Waals surface area contributed by atoms with E-state index < -0.39 is 5.24 Å². The zero-order valence-electron chi connectivity index (χ0n) is 8.49. The largest absolute Gasteiger partial charge is 0.469 e. The Morgan fingerprint density at radius 1 is 1.27 bits per heavy atom. The highest BCUT2D eigenvalue weighted by molar-refractivity contribution is 6.67. The topological polar surface area (TPSA) is 43.4 Å². The second kappa shape index (κ2) is 4.94. The number of ether oxygens (including phenoxy) is 1. The van der Waals surface area contributed by atoms with Crippen LogP contribution in [0.25, 0.3) is 0 Å². The zero-order chi connectivity index (χ0) is 11.4. The summed E-state index contributed by atoms with van der Waals surface area (Å²) < 4.78 is 4.61. The van der Waals surface area contributed by atoms with Crippen molar-refractivity contribution in [1.82, 2.24) is 0 Å². The van der Waals surface area contributed by atoms with Gasteiger partial charge < -0.3 is 4.74 Å². The molecule has 1 aromatic rings. The van der Waals surface area contributed by atoms with Crippen molar-refractivity contribution in [3.63, 3.8) is 0 Å². The Bertz CT molecular complexity index is 370. The van der Waals surface area contributed by atoms with Crippen LogP contribution in [-0.2, 0) is 9.53 Å². The van der Waals surface area contributed by atoms with Crippen LogP contribution in [-0.4, -0.2) is 18.3 Å². The molecule has 0 fully saturated rings. The molecule has 3 nitrogen and oxygen atoms in total. The monoisotopic (exact) mass is 226 g/mol. The van der Waals surface area contributed by atoms with Crippen LogP contribution in [0, 0.1) is 0 Å². The van der Waals surface area contributed by atoms with Gasteiger partial charge in [-0.15, -0.1) is 0 Å². The van der Waals surface area contributed by atoms with Gasteiger partial charge in [-0.25, -0.2) is 0 Å². The molecule has 4 heteroatoms. The van der Waals surface area contributed by atoms with E-state index in [1.807, 2.05) is 0 Å². The SMILES string of the molecule is COC(=O)C(C)c1ccc(C(=O)Cl)cc1. The van der Waals surface area contributed by atoms with E-state index in [9.17, 15) is 9.59 Å². The maximum absolute atomic E-state index is 11.2. The van der Waals surface area contributed by atoms with Crippen LogP contribution >= 0.6 is 11.6 Å². The minimum absolute atomic E-state index is 0.306. The lowest BCUT2D eigenvalue weighted by molar-refractivity contribution is -0.141. The Kier molecular flexibility index (Phi) is 3.86. The highest BCUT2D eigenvalue weighted by Crippen LogP contribution is 2.17. The molecule has 1 rings (SSSR count). The first-order valence-corrected chi connectivity index (χ1v) is 4.81. The van der Waals surface area contributed by atoms with Gasteiger partial charge in [0, 0.05) is 5.56 Å². The number of halogens is 1. The number of benzene rings is 1. The molecule has 0 aliphatic rings. The maximum atomic E-state index is 11.2. The normalized spacial score (nSPS) is 11.9. The summed E-state index contributed by atoms with van der Waals surface area (Å²) in [6, 6.07) is 6.56. The average Bonchev–Trinajstić information content (AvgIpc) is 2.27. The summed E-state index contributed by atoms with van der Waals surface area (Å²) in [6.45, 7) is 1.74. The van der Waals surface area contributed by atoms with E-state index in [0.29, 0.717) is 5.56 Å². The molecule has 0 bridgehead atoms. The summed E-state index contributed by atoms with van der Waals surface area (Å²) >= 11 is 5.29. The fourth-order valence-electron chi connectivity index (χ4n) is 1.22. The third kappa shape index (κ3) is 2.80. The lowest BCUT2D eigenvalue weighted by Gasteiger charge is -2.09. The molecule has 0 N–H and O–H groups in total. The number of hydrogen-bond acceptors (Lipinski definition) is 3. The van der Waals surface area contributed by atoms with Gasteiger partial charge in [-0.05, 0) is 36.2 Å². The van der Waals surface area contributed by atoms with E-state index in [1.54, 1.807) is 31.2 Å². The van der Waals surface area contributed by atoms with Crippen LogP contribution in [0.2, 0.25) is 0 Å². The van der Waals surface area contributed by atoms with Gasteiger partial charge in [-0.1, -0.05) is 12.1 Å². The van der Waals surface area contributed by atoms with E-state index >= 15 is 0 Å². The van der Waals surface area contributed by atoms with Gasteiger partial charge in [0.2, 0.25) is 0 Å². The van der Waals surface area contributed by atoms with Gasteiger partial charge in [-0.2, -0.15) is 0 Å². The highest BCUT2D eigenvalue weighted by atomic mass is 35.5. The molecule has 0 amide bonds. The minimum Gasteiger partial charge on any atom is -0.469 e. The second-order valence-corrected chi connectivity index (χ2v) is 3.48. The van der Waals surface area contributed by atoms with Crippen molar-refractivity contribution in [2.75, 3.05) is 7.11 Å². The fraction of sp³-hybridized carbons (Fsp3) is 0.273. The van der Waals surface area contributed by atoms with Gasteiger partial charge in [0.25, 0.3) is 5.24 Å². The number of carbonyl (C=O) groups excluding carboxylic acids is 2. The van der Waals surface area contributed by atoms with Crippen LogP contribution in [0.4, 0.5) is 0 Å². The van der Waals surface area contributed by atoms with Crippen molar-refractivity contribution < 1.29 is 14.3 Å². The minimum atomic E-state index is -0.507.